The number of hydrogen-bond donors (Lipinski definition) is 0. The van der Waals surface area contributed by atoms with Gasteiger partial charge in [-0.15, -0.1) is 0 Å². The molecular weight excluding hydrogens is 152 g/mol. The van der Waals surface area contributed by atoms with E-state index in [9.17, 15) is 0 Å². The van der Waals surface area contributed by atoms with Crippen molar-refractivity contribution < 1.29 is 9.47 Å². The van der Waals surface area contributed by atoms with E-state index in [2.05, 4.69) is 20.8 Å². The third-order valence-corrected chi connectivity index (χ3v) is 2.09. The van der Waals surface area contributed by atoms with Crippen LogP contribution in [0, 0.1) is 5.92 Å². The van der Waals surface area contributed by atoms with Gasteiger partial charge in [0.2, 0.25) is 0 Å². The van der Waals surface area contributed by atoms with Gasteiger partial charge in [-0.1, -0.05) is 0 Å². The third-order valence-electron chi connectivity index (χ3n) is 2.09. The number of rotatable bonds is 3. The maximum absolute atomic E-state index is 5.64. The molecule has 0 radical (unpaired) electrons. The summed E-state index contributed by atoms with van der Waals surface area (Å²) in [5.74, 6) is 0.743. The van der Waals surface area contributed by atoms with Crippen LogP contribution in [0.3, 0.4) is 0 Å². The van der Waals surface area contributed by atoms with E-state index in [4.69, 9.17) is 9.47 Å². The molecule has 1 fully saturated rings. The summed E-state index contributed by atoms with van der Waals surface area (Å²) < 4.78 is 10.9. The fraction of sp³-hybridized carbons (Fsp3) is 1.00. The predicted molar refractivity (Wildman–Crippen MR) is 49.2 cm³/mol. The lowest BCUT2D eigenvalue weighted by atomic mass is 10.1. The maximum Gasteiger partial charge on any atom is 0.0598 e. The molecule has 0 aromatic heterocycles. The van der Waals surface area contributed by atoms with E-state index in [1.807, 2.05) is 0 Å². The van der Waals surface area contributed by atoms with Crippen LogP contribution < -0.4 is 0 Å². The summed E-state index contributed by atoms with van der Waals surface area (Å²) in [6.07, 6.45) is 2.37. The summed E-state index contributed by atoms with van der Waals surface area (Å²) in [4.78, 5) is 0. The van der Waals surface area contributed by atoms with Gasteiger partial charge in [-0.2, -0.15) is 0 Å². The second-order valence-corrected chi connectivity index (χ2v) is 4.48. The minimum absolute atomic E-state index is 0.0134. The van der Waals surface area contributed by atoms with E-state index < -0.39 is 0 Å². The van der Waals surface area contributed by atoms with E-state index in [0.29, 0.717) is 0 Å². The van der Waals surface area contributed by atoms with Crippen LogP contribution in [0.15, 0.2) is 0 Å². The minimum Gasteiger partial charge on any atom is -0.381 e. The summed E-state index contributed by atoms with van der Waals surface area (Å²) >= 11 is 0. The highest BCUT2D eigenvalue weighted by Gasteiger charge is 2.16. The first-order chi connectivity index (χ1) is 5.58. The SMILES string of the molecule is CC(C)(C)OCCC1CCOC1. The first-order valence-corrected chi connectivity index (χ1v) is 4.79. The Morgan fingerprint density at radius 2 is 2.17 bits per heavy atom. The Labute approximate surface area is 75.2 Å². The normalized spacial score (nSPS) is 24.8. The quantitative estimate of drug-likeness (QED) is 0.650. The van der Waals surface area contributed by atoms with Crippen molar-refractivity contribution >= 4 is 0 Å². The zero-order valence-electron chi connectivity index (χ0n) is 8.43. The van der Waals surface area contributed by atoms with Gasteiger partial charge in [0, 0.05) is 19.8 Å². The van der Waals surface area contributed by atoms with Crippen molar-refractivity contribution in [2.45, 2.75) is 39.2 Å². The standard InChI is InChI=1S/C10H20O2/c1-10(2,3)12-7-5-9-4-6-11-8-9/h9H,4-8H2,1-3H3. The molecule has 0 N–H and O–H groups in total. The van der Waals surface area contributed by atoms with Gasteiger partial charge in [0.1, 0.15) is 0 Å². The number of ether oxygens (including phenoxy) is 2. The lowest BCUT2D eigenvalue weighted by Gasteiger charge is -2.20. The van der Waals surface area contributed by atoms with Gasteiger partial charge < -0.3 is 9.47 Å². The van der Waals surface area contributed by atoms with E-state index in [1.165, 1.54) is 6.42 Å². The van der Waals surface area contributed by atoms with Crippen LogP contribution in [0.5, 0.6) is 0 Å². The molecule has 1 aliphatic heterocycles. The molecule has 1 heterocycles. The lowest BCUT2D eigenvalue weighted by Crippen LogP contribution is -2.21. The van der Waals surface area contributed by atoms with Crippen LogP contribution >= 0.6 is 0 Å². The maximum atomic E-state index is 5.64. The highest BCUT2D eigenvalue weighted by molar-refractivity contribution is 4.65. The smallest absolute Gasteiger partial charge is 0.0598 e. The van der Waals surface area contributed by atoms with Crippen molar-refractivity contribution in [1.29, 1.82) is 0 Å². The molecule has 1 rings (SSSR count). The molecule has 12 heavy (non-hydrogen) atoms. The predicted octanol–water partition coefficient (Wildman–Crippen LogP) is 2.23. The Bertz CT molecular complexity index is 120. The van der Waals surface area contributed by atoms with E-state index in [1.54, 1.807) is 0 Å². The average Bonchev–Trinajstić information content (AvgIpc) is 2.36. The third kappa shape index (κ3) is 4.07. The zero-order chi connectivity index (χ0) is 9.03. The Kier molecular flexibility index (Phi) is 3.53. The van der Waals surface area contributed by atoms with Gasteiger partial charge in [-0.25, -0.2) is 0 Å². The second-order valence-electron chi connectivity index (χ2n) is 4.48. The molecule has 0 bridgehead atoms. The summed E-state index contributed by atoms with van der Waals surface area (Å²) in [5.41, 5.74) is 0.0134. The Morgan fingerprint density at radius 1 is 1.42 bits per heavy atom. The summed E-state index contributed by atoms with van der Waals surface area (Å²) in [5, 5.41) is 0. The van der Waals surface area contributed by atoms with Gasteiger partial charge in [0.25, 0.3) is 0 Å². The summed E-state index contributed by atoms with van der Waals surface area (Å²) in [7, 11) is 0. The lowest BCUT2D eigenvalue weighted by molar-refractivity contribution is -0.00964. The molecule has 2 heteroatoms. The first kappa shape index (κ1) is 10.0. The molecule has 1 aliphatic rings. The topological polar surface area (TPSA) is 18.5 Å². The van der Waals surface area contributed by atoms with Crippen molar-refractivity contribution in [3.63, 3.8) is 0 Å². The molecule has 1 atom stereocenters. The molecule has 0 aliphatic carbocycles. The first-order valence-electron chi connectivity index (χ1n) is 4.79. The molecule has 0 spiro atoms. The molecule has 1 saturated heterocycles. The van der Waals surface area contributed by atoms with Crippen LogP contribution in [-0.4, -0.2) is 25.4 Å². The van der Waals surface area contributed by atoms with Crippen LogP contribution in [-0.2, 0) is 9.47 Å². The molecule has 72 valence electrons. The summed E-state index contributed by atoms with van der Waals surface area (Å²) in [6, 6.07) is 0. The van der Waals surface area contributed by atoms with Gasteiger partial charge in [0.15, 0.2) is 0 Å². The second kappa shape index (κ2) is 4.24. The fourth-order valence-corrected chi connectivity index (χ4v) is 1.34. The molecule has 0 amide bonds. The molecular formula is C10H20O2. The average molecular weight is 172 g/mol. The molecule has 0 aromatic carbocycles. The molecule has 0 aromatic rings. The van der Waals surface area contributed by atoms with E-state index in [0.717, 1.165) is 32.2 Å². The molecule has 0 saturated carbocycles. The van der Waals surface area contributed by atoms with E-state index >= 15 is 0 Å². The number of hydrogen-bond acceptors (Lipinski definition) is 2. The summed E-state index contributed by atoms with van der Waals surface area (Å²) in [6.45, 7) is 9.04. The largest absolute Gasteiger partial charge is 0.381 e. The van der Waals surface area contributed by atoms with Crippen LogP contribution in [0.4, 0.5) is 0 Å². The van der Waals surface area contributed by atoms with Crippen molar-refractivity contribution in [3.8, 4) is 0 Å². The highest BCUT2D eigenvalue weighted by atomic mass is 16.5. The van der Waals surface area contributed by atoms with Gasteiger partial charge in [-0.05, 0) is 39.5 Å². The van der Waals surface area contributed by atoms with Crippen molar-refractivity contribution in [1.82, 2.24) is 0 Å². The zero-order valence-corrected chi connectivity index (χ0v) is 8.43. The molecule has 1 unspecified atom stereocenters. The van der Waals surface area contributed by atoms with E-state index in [-0.39, 0.29) is 5.60 Å². The molecule has 2 nitrogen and oxygen atoms in total. The highest BCUT2D eigenvalue weighted by Crippen LogP contribution is 2.17. The van der Waals surface area contributed by atoms with Crippen molar-refractivity contribution in [2.24, 2.45) is 5.92 Å². The van der Waals surface area contributed by atoms with Gasteiger partial charge in [0.05, 0.1) is 5.60 Å². The Balaban J connectivity index is 2.02. The van der Waals surface area contributed by atoms with Gasteiger partial charge >= 0.3 is 0 Å². The minimum atomic E-state index is 0.0134. The van der Waals surface area contributed by atoms with Crippen molar-refractivity contribution in [3.05, 3.63) is 0 Å². The fourth-order valence-electron chi connectivity index (χ4n) is 1.34. The Morgan fingerprint density at radius 3 is 2.67 bits per heavy atom. The van der Waals surface area contributed by atoms with Gasteiger partial charge in [-0.3, -0.25) is 0 Å². The van der Waals surface area contributed by atoms with Crippen LogP contribution in [0.2, 0.25) is 0 Å². The van der Waals surface area contributed by atoms with Crippen LogP contribution in [0.25, 0.3) is 0 Å². The Hall–Kier alpha value is -0.0800. The monoisotopic (exact) mass is 172 g/mol. The van der Waals surface area contributed by atoms with Crippen LogP contribution in [0.1, 0.15) is 33.6 Å². The van der Waals surface area contributed by atoms with Crippen molar-refractivity contribution in [2.75, 3.05) is 19.8 Å².